The number of carbonyl (C=O) groups excluding carboxylic acids is 1. The van der Waals surface area contributed by atoms with Crippen LogP contribution in [0.3, 0.4) is 0 Å². The first kappa shape index (κ1) is 18.4. The summed E-state index contributed by atoms with van der Waals surface area (Å²) in [5, 5.41) is 0. The molecule has 0 saturated carbocycles. The van der Waals surface area contributed by atoms with Gasteiger partial charge in [-0.2, -0.15) is 0 Å². The third-order valence-corrected chi connectivity index (χ3v) is 3.20. The van der Waals surface area contributed by atoms with E-state index in [0.717, 1.165) is 25.8 Å². The molecule has 0 aromatic heterocycles. The highest BCUT2D eigenvalue weighted by molar-refractivity contribution is 5.76. The second-order valence-corrected chi connectivity index (χ2v) is 4.94. The molecule has 5 nitrogen and oxygen atoms in total. The van der Waals surface area contributed by atoms with Crippen LogP contribution in [-0.2, 0) is 14.3 Å². The molecule has 0 rings (SSSR count). The van der Waals surface area contributed by atoms with Gasteiger partial charge in [0, 0.05) is 40.3 Å². The van der Waals surface area contributed by atoms with Gasteiger partial charge in [-0.05, 0) is 31.7 Å². The van der Waals surface area contributed by atoms with Crippen LogP contribution in [0, 0.1) is 5.92 Å². The van der Waals surface area contributed by atoms with Crippen molar-refractivity contribution in [2.24, 2.45) is 11.7 Å². The standard InChI is InChI=1S/C14H30N2O3/c1-13(7-8-15)5-6-14(17)16(10-12-19-3)9-4-11-18-2/h13H,4-12,15H2,1-3H3. The Labute approximate surface area is 117 Å². The van der Waals surface area contributed by atoms with E-state index in [-0.39, 0.29) is 5.91 Å². The number of amides is 1. The quantitative estimate of drug-likeness (QED) is 0.544. The molecule has 0 radical (unpaired) electrons. The van der Waals surface area contributed by atoms with Crippen LogP contribution >= 0.6 is 0 Å². The first-order valence-corrected chi connectivity index (χ1v) is 7.11. The largest absolute Gasteiger partial charge is 0.385 e. The van der Waals surface area contributed by atoms with Gasteiger partial charge in [0.1, 0.15) is 0 Å². The highest BCUT2D eigenvalue weighted by Crippen LogP contribution is 2.11. The molecule has 1 amide bonds. The third kappa shape index (κ3) is 9.87. The van der Waals surface area contributed by atoms with Gasteiger partial charge < -0.3 is 20.1 Å². The molecule has 0 fully saturated rings. The first-order valence-electron chi connectivity index (χ1n) is 7.11. The molecule has 0 bridgehead atoms. The summed E-state index contributed by atoms with van der Waals surface area (Å²) in [6, 6.07) is 0. The zero-order valence-electron chi connectivity index (χ0n) is 12.7. The minimum atomic E-state index is 0.206. The monoisotopic (exact) mass is 274 g/mol. The number of nitrogens with two attached hydrogens (primary N) is 1. The molecule has 2 N–H and O–H groups in total. The maximum atomic E-state index is 12.2. The molecule has 0 aromatic carbocycles. The van der Waals surface area contributed by atoms with Crippen LogP contribution in [0.25, 0.3) is 0 Å². The number of ether oxygens (including phenoxy) is 2. The molecule has 0 heterocycles. The highest BCUT2D eigenvalue weighted by atomic mass is 16.5. The molecule has 5 heteroatoms. The second kappa shape index (κ2) is 12.4. The molecule has 19 heavy (non-hydrogen) atoms. The molecule has 1 unspecified atom stereocenters. The third-order valence-electron chi connectivity index (χ3n) is 3.20. The maximum Gasteiger partial charge on any atom is 0.222 e. The number of nitrogens with zero attached hydrogens (tertiary/aromatic N) is 1. The summed E-state index contributed by atoms with van der Waals surface area (Å²) < 4.78 is 10.1. The van der Waals surface area contributed by atoms with Gasteiger partial charge in [0.2, 0.25) is 5.91 Å². The normalized spacial score (nSPS) is 12.4. The summed E-state index contributed by atoms with van der Waals surface area (Å²) in [6.07, 6.45) is 3.35. The minimum absolute atomic E-state index is 0.206. The number of hydrogen-bond donors (Lipinski definition) is 1. The summed E-state index contributed by atoms with van der Waals surface area (Å²) in [5.74, 6) is 0.717. The molecule has 0 aliphatic carbocycles. The average molecular weight is 274 g/mol. The summed E-state index contributed by atoms with van der Waals surface area (Å²) in [4.78, 5) is 14.0. The van der Waals surface area contributed by atoms with Crippen LogP contribution in [0.5, 0.6) is 0 Å². The molecular weight excluding hydrogens is 244 g/mol. The van der Waals surface area contributed by atoms with E-state index in [0.29, 0.717) is 38.6 Å². The summed E-state index contributed by atoms with van der Waals surface area (Å²) in [7, 11) is 3.33. The van der Waals surface area contributed by atoms with Crippen molar-refractivity contribution in [2.45, 2.75) is 32.6 Å². The van der Waals surface area contributed by atoms with Gasteiger partial charge in [0.15, 0.2) is 0 Å². The van der Waals surface area contributed by atoms with Crippen LogP contribution < -0.4 is 5.73 Å². The van der Waals surface area contributed by atoms with E-state index in [4.69, 9.17) is 15.2 Å². The van der Waals surface area contributed by atoms with E-state index >= 15 is 0 Å². The van der Waals surface area contributed by atoms with Gasteiger partial charge in [-0.1, -0.05) is 6.92 Å². The number of hydrogen-bond acceptors (Lipinski definition) is 4. The van der Waals surface area contributed by atoms with Gasteiger partial charge in [-0.15, -0.1) is 0 Å². The van der Waals surface area contributed by atoms with Crippen molar-refractivity contribution < 1.29 is 14.3 Å². The number of methoxy groups -OCH3 is 2. The van der Waals surface area contributed by atoms with Crippen LogP contribution in [0.4, 0.5) is 0 Å². The molecule has 1 atom stereocenters. The van der Waals surface area contributed by atoms with E-state index < -0.39 is 0 Å². The van der Waals surface area contributed by atoms with Gasteiger partial charge in [-0.3, -0.25) is 4.79 Å². The maximum absolute atomic E-state index is 12.2. The Hall–Kier alpha value is -0.650. The van der Waals surface area contributed by atoms with Gasteiger partial charge >= 0.3 is 0 Å². The minimum Gasteiger partial charge on any atom is -0.385 e. The SMILES string of the molecule is COCCCN(CCOC)C(=O)CCC(C)CCN. The summed E-state index contributed by atoms with van der Waals surface area (Å²) in [5.41, 5.74) is 5.52. The Morgan fingerprint density at radius 1 is 1.16 bits per heavy atom. The molecule has 0 aliphatic rings. The average Bonchev–Trinajstić information content (AvgIpc) is 2.40. The van der Waals surface area contributed by atoms with Crippen LogP contribution in [-0.4, -0.2) is 57.9 Å². The number of rotatable bonds is 12. The fraction of sp³-hybridized carbons (Fsp3) is 0.929. The van der Waals surface area contributed by atoms with Crippen molar-refractivity contribution in [3.63, 3.8) is 0 Å². The Balaban J connectivity index is 4.05. The van der Waals surface area contributed by atoms with Gasteiger partial charge in [-0.25, -0.2) is 0 Å². The highest BCUT2D eigenvalue weighted by Gasteiger charge is 2.14. The lowest BCUT2D eigenvalue weighted by atomic mass is 10.0. The Morgan fingerprint density at radius 2 is 1.84 bits per heavy atom. The summed E-state index contributed by atoms with van der Waals surface area (Å²) in [6.45, 7) is 5.49. The lowest BCUT2D eigenvalue weighted by molar-refractivity contribution is -0.132. The predicted octanol–water partition coefficient (Wildman–Crippen LogP) is 1.26. The van der Waals surface area contributed by atoms with Gasteiger partial charge in [0.25, 0.3) is 0 Å². The zero-order valence-corrected chi connectivity index (χ0v) is 12.7. The van der Waals surface area contributed by atoms with Crippen molar-refractivity contribution in [3.05, 3.63) is 0 Å². The number of carbonyl (C=O) groups is 1. The molecule has 0 aliphatic heterocycles. The Morgan fingerprint density at radius 3 is 2.42 bits per heavy atom. The van der Waals surface area contributed by atoms with Crippen molar-refractivity contribution >= 4 is 5.91 Å². The van der Waals surface area contributed by atoms with E-state index in [9.17, 15) is 4.79 Å². The molecule has 0 aromatic rings. The lowest BCUT2D eigenvalue weighted by Crippen LogP contribution is -2.35. The van der Waals surface area contributed by atoms with E-state index in [1.54, 1.807) is 14.2 Å². The van der Waals surface area contributed by atoms with Crippen molar-refractivity contribution in [2.75, 3.05) is 47.1 Å². The molecule has 0 saturated heterocycles. The van der Waals surface area contributed by atoms with E-state index in [1.165, 1.54) is 0 Å². The van der Waals surface area contributed by atoms with E-state index in [1.807, 2.05) is 4.90 Å². The van der Waals surface area contributed by atoms with Gasteiger partial charge in [0.05, 0.1) is 6.61 Å². The second-order valence-electron chi connectivity index (χ2n) is 4.94. The van der Waals surface area contributed by atoms with Crippen molar-refractivity contribution in [3.8, 4) is 0 Å². The predicted molar refractivity (Wildman–Crippen MR) is 77.0 cm³/mol. The Bertz CT molecular complexity index is 225. The first-order chi connectivity index (χ1) is 9.15. The van der Waals surface area contributed by atoms with Crippen molar-refractivity contribution in [1.29, 1.82) is 0 Å². The van der Waals surface area contributed by atoms with Crippen LogP contribution in [0.1, 0.15) is 32.6 Å². The fourth-order valence-electron chi connectivity index (χ4n) is 1.92. The summed E-state index contributed by atoms with van der Waals surface area (Å²) >= 11 is 0. The molecule has 0 spiro atoms. The zero-order chi connectivity index (χ0) is 14.5. The van der Waals surface area contributed by atoms with Crippen LogP contribution in [0.15, 0.2) is 0 Å². The Kier molecular flexibility index (Phi) is 12.0. The molecular formula is C14H30N2O3. The van der Waals surface area contributed by atoms with Crippen LogP contribution in [0.2, 0.25) is 0 Å². The lowest BCUT2D eigenvalue weighted by Gasteiger charge is -2.23. The smallest absolute Gasteiger partial charge is 0.222 e. The van der Waals surface area contributed by atoms with E-state index in [2.05, 4.69) is 6.92 Å². The van der Waals surface area contributed by atoms with Crippen molar-refractivity contribution in [1.82, 2.24) is 4.90 Å². The molecule has 114 valence electrons. The fourth-order valence-corrected chi connectivity index (χ4v) is 1.92. The topological polar surface area (TPSA) is 64.8 Å².